The summed E-state index contributed by atoms with van der Waals surface area (Å²) in [4.78, 5) is 23.8. The van der Waals surface area contributed by atoms with Gasteiger partial charge in [0.05, 0.1) is 17.4 Å². The first kappa shape index (κ1) is 35.3. The lowest BCUT2D eigenvalue weighted by molar-refractivity contribution is -0.174. The fourth-order valence-electron chi connectivity index (χ4n) is 3.67. The van der Waals surface area contributed by atoms with Gasteiger partial charge in [0.15, 0.2) is 0 Å². The maximum atomic E-state index is 12.2. The number of hydrogen-bond acceptors (Lipinski definition) is 4. The standard InChI is InChI=1S/C16H30O2.C12H26O2Si.CH4/c1-7-15(3,4)14(17)18-16(5,6)13-10-8-12(2)9-11-13;1-7-12(2,3)11(13)14-9-8-10-15(4,5)6;/h12-13H,7-11H2,1-6H3;7-10H2,1-6H3;1H4. The highest BCUT2D eigenvalue weighted by atomic mass is 28.3. The van der Waals surface area contributed by atoms with E-state index >= 15 is 0 Å². The van der Waals surface area contributed by atoms with Crippen LogP contribution in [0.1, 0.15) is 115 Å². The topological polar surface area (TPSA) is 52.6 Å². The molecule has 4 nitrogen and oxygen atoms in total. The van der Waals surface area contributed by atoms with E-state index in [1.165, 1.54) is 31.7 Å². The molecule has 1 saturated carbocycles. The molecule has 0 N–H and O–H groups in total. The summed E-state index contributed by atoms with van der Waals surface area (Å²) in [5.74, 6) is 1.25. The van der Waals surface area contributed by atoms with Crippen molar-refractivity contribution in [2.24, 2.45) is 22.7 Å². The third-order valence-corrected chi connectivity index (χ3v) is 9.39. The van der Waals surface area contributed by atoms with Crippen LogP contribution in [0.25, 0.3) is 0 Å². The summed E-state index contributed by atoms with van der Waals surface area (Å²) in [6.07, 6.45) is 7.58. The average Bonchev–Trinajstić information content (AvgIpc) is 2.70. The first-order valence-corrected chi connectivity index (χ1v) is 17.0. The van der Waals surface area contributed by atoms with Gasteiger partial charge in [0.2, 0.25) is 0 Å². The third-order valence-electron chi connectivity index (χ3n) is 7.53. The Morgan fingerprint density at radius 2 is 1.26 bits per heavy atom. The van der Waals surface area contributed by atoms with E-state index in [1.54, 1.807) is 0 Å². The lowest BCUT2D eigenvalue weighted by Gasteiger charge is -2.39. The fraction of sp³-hybridized carbons (Fsp3) is 0.931. The summed E-state index contributed by atoms with van der Waals surface area (Å²) in [5, 5.41) is 0. The Bertz CT molecular complexity index is 594. The minimum absolute atomic E-state index is 0. The summed E-state index contributed by atoms with van der Waals surface area (Å²) in [6, 6.07) is 1.23. The zero-order valence-electron chi connectivity index (χ0n) is 24.2. The van der Waals surface area contributed by atoms with E-state index in [4.69, 9.17) is 9.47 Å². The van der Waals surface area contributed by atoms with Gasteiger partial charge in [-0.05, 0) is 85.5 Å². The molecule has 1 aliphatic carbocycles. The highest BCUT2D eigenvalue weighted by Crippen LogP contribution is 2.38. The van der Waals surface area contributed by atoms with Crippen LogP contribution in [0.2, 0.25) is 25.7 Å². The smallest absolute Gasteiger partial charge is 0.312 e. The second kappa shape index (κ2) is 14.7. The molecule has 0 heterocycles. The second-order valence-electron chi connectivity index (χ2n) is 13.2. The number of rotatable bonds is 10. The van der Waals surface area contributed by atoms with Crippen LogP contribution < -0.4 is 0 Å². The van der Waals surface area contributed by atoms with Crippen molar-refractivity contribution in [2.45, 2.75) is 146 Å². The minimum Gasteiger partial charge on any atom is -0.465 e. The zero-order valence-corrected chi connectivity index (χ0v) is 25.2. The van der Waals surface area contributed by atoms with E-state index in [9.17, 15) is 9.59 Å². The third kappa shape index (κ3) is 13.3. The fourth-order valence-corrected chi connectivity index (χ4v) is 4.87. The molecule has 0 aliphatic heterocycles. The molecule has 1 rings (SSSR count). The molecule has 204 valence electrons. The van der Waals surface area contributed by atoms with Gasteiger partial charge in [-0.25, -0.2) is 0 Å². The average molecular weight is 501 g/mol. The van der Waals surface area contributed by atoms with E-state index in [1.807, 2.05) is 41.5 Å². The molecule has 0 saturated heterocycles. The van der Waals surface area contributed by atoms with Crippen LogP contribution in [0.3, 0.4) is 0 Å². The van der Waals surface area contributed by atoms with Crippen LogP contribution in [0, 0.1) is 22.7 Å². The molecule has 1 fully saturated rings. The number of hydrogen-bond donors (Lipinski definition) is 0. The molecule has 0 aromatic heterocycles. The van der Waals surface area contributed by atoms with Gasteiger partial charge in [-0.2, -0.15) is 0 Å². The predicted molar refractivity (Wildman–Crippen MR) is 150 cm³/mol. The van der Waals surface area contributed by atoms with E-state index in [2.05, 4.69) is 40.4 Å². The molecular weight excluding hydrogens is 440 g/mol. The Kier molecular flexibility index (Phi) is 15.2. The highest BCUT2D eigenvalue weighted by molar-refractivity contribution is 6.76. The van der Waals surface area contributed by atoms with E-state index < -0.39 is 8.07 Å². The SMILES string of the molecule is C.CCC(C)(C)C(=O)OC(C)(C)C1CCC(C)CC1.CCC(C)(C)C(=O)OCCC[Si](C)(C)C. The van der Waals surface area contributed by atoms with Crippen LogP contribution >= 0.6 is 0 Å². The largest absolute Gasteiger partial charge is 0.465 e. The predicted octanol–water partition coefficient (Wildman–Crippen LogP) is 8.90. The monoisotopic (exact) mass is 500 g/mol. The summed E-state index contributed by atoms with van der Waals surface area (Å²) in [6.45, 7) is 25.9. The second-order valence-corrected chi connectivity index (χ2v) is 18.8. The van der Waals surface area contributed by atoms with Gasteiger partial charge in [0.25, 0.3) is 0 Å². The summed E-state index contributed by atoms with van der Waals surface area (Å²) in [7, 11) is -0.975. The van der Waals surface area contributed by atoms with Crippen molar-refractivity contribution in [3.8, 4) is 0 Å². The van der Waals surface area contributed by atoms with Crippen molar-refractivity contribution < 1.29 is 19.1 Å². The molecule has 0 aromatic rings. The van der Waals surface area contributed by atoms with E-state index in [0.717, 1.165) is 25.2 Å². The number of carbonyl (C=O) groups is 2. The van der Waals surface area contributed by atoms with Crippen molar-refractivity contribution in [2.75, 3.05) is 6.61 Å². The number of carbonyl (C=O) groups excluding carboxylic acids is 2. The van der Waals surface area contributed by atoms with Crippen molar-refractivity contribution >= 4 is 20.0 Å². The Labute approximate surface area is 214 Å². The van der Waals surface area contributed by atoms with Crippen LogP contribution in [0.4, 0.5) is 0 Å². The van der Waals surface area contributed by atoms with E-state index in [0.29, 0.717) is 12.5 Å². The van der Waals surface area contributed by atoms with Crippen molar-refractivity contribution in [3.63, 3.8) is 0 Å². The first-order valence-electron chi connectivity index (χ1n) is 13.3. The van der Waals surface area contributed by atoms with Crippen LogP contribution in [0.5, 0.6) is 0 Å². The van der Waals surface area contributed by atoms with Gasteiger partial charge in [-0.3, -0.25) is 9.59 Å². The molecule has 1 aliphatic rings. The van der Waals surface area contributed by atoms with Gasteiger partial charge >= 0.3 is 11.9 Å². The van der Waals surface area contributed by atoms with Gasteiger partial charge in [-0.15, -0.1) is 0 Å². The Balaban J connectivity index is 0. The summed E-state index contributed by atoms with van der Waals surface area (Å²) >= 11 is 0. The van der Waals surface area contributed by atoms with Gasteiger partial charge in [0, 0.05) is 8.07 Å². The van der Waals surface area contributed by atoms with Crippen LogP contribution in [-0.2, 0) is 19.1 Å². The normalized spacial score (nSPS) is 19.3. The Hall–Kier alpha value is -0.843. The van der Waals surface area contributed by atoms with Crippen molar-refractivity contribution in [1.82, 2.24) is 0 Å². The first-order chi connectivity index (χ1) is 14.9. The lowest BCUT2D eigenvalue weighted by atomic mass is 9.75. The minimum atomic E-state index is -0.975. The molecule has 0 bridgehead atoms. The highest BCUT2D eigenvalue weighted by Gasteiger charge is 2.38. The molecule has 0 aromatic carbocycles. The Morgan fingerprint density at radius 1 is 0.824 bits per heavy atom. The van der Waals surface area contributed by atoms with Gasteiger partial charge < -0.3 is 9.47 Å². The number of esters is 2. The number of ether oxygens (including phenoxy) is 2. The molecule has 34 heavy (non-hydrogen) atoms. The van der Waals surface area contributed by atoms with Crippen LogP contribution in [-0.4, -0.2) is 32.2 Å². The van der Waals surface area contributed by atoms with E-state index in [-0.39, 0.29) is 35.8 Å². The molecule has 0 unspecified atom stereocenters. The van der Waals surface area contributed by atoms with Crippen molar-refractivity contribution in [3.05, 3.63) is 0 Å². The molecule has 5 heteroatoms. The summed E-state index contributed by atoms with van der Waals surface area (Å²) < 4.78 is 11.1. The molecule has 0 spiro atoms. The van der Waals surface area contributed by atoms with Gasteiger partial charge in [0.1, 0.15) is 5.60 Å². The zero-order chi connectivity index (χ0) is 26.1. The maximum absolute atomic E-state index is 12.2. The maximum Gasteiger partial charge on any atom is 0.312 e. The van der Waals surface area contributed by atoms with Crippen LogP contribution in [0.15, 0.2) is 0 Å². The lowest BCUT2D eigenvalue weighted by Crippen LogP contribution is -2.42. The summed E-state index contributed by atoms with van der Waals surface area (Å²) in [5.41, 5.74) is -0.998. The van der Waals surface area contributed by atoms with Gasteiger partial charge in [-0.1, -0.05) is 66.7 Å². The van der Waals surface area contributed by atoms with Crippen molar-refractivity contribution in [1.29, 1.82) is 0 Å². The Morgan fingerprint density at radius 3 is 1.68 bits per heavy atom. The molecule has 0 atom stereocenters. The molecular formula is C29H60O4Si. The molecule has 0 radical (unpaired) electrons. The molecule has 0 amide bonds. The quantitative estimate of drug-likeness (QED) is 0.171.